The van der Waals surface area contributed by atoms with Gasteiger partial charge in [-0.2, -0.15) is 20.0 Å². The topological polar surface area (TPSA) is 145 Å². The van der Waals surface area contributed by atoms with Gasteiger partial charge in [0.05, 0.1) is 36.2 Å². The van der Waals surface area contributed by atoms with Crippen molar-refractivity contribution in [3.8, 4) is 28.3 Å². The molecule has 4 N–H and O–H groups in total. The highest BCUT2D eigenvalue weighted by molar-refractivity contribution is 5.85. The molecule has 13 heteroatoms. The van der Waals surface area contributed by atoms with Crippen molar-refractivity contribution in [2.45, 2.75) is 45.9 Å². The summed E-state index contributed by atoms with van der Waals surface area (Å²) < 4.78 is 46.9. The number of ether oxygens (including phenoxy) is 1. The second-order valence-electron chi connectivity index (χ2n) is 8.47. The molecular weight excluding hydrogens is 503 g/mol. The molecule has 0 amide bonds. The molecule has 4 rings (SSSR count). The Kier molecular flexibility index (Phi) is 8.17. The van der Waals surface area contributed by atoms with Crippen molar-refractivity contribution in [1.29, 1.82) is 0 Å². The lowest BCUT2D eigenvalue weighted by Crippen LogP contribution is -2.21. The van der Waals surface area contributed by atoms with E-state index in [-0.39, 0.29) is 36.2 Å². The number of benzene rings is 1. The number of aryl methyl sites for hydroxylation is 2. The molecule has 0 aliphatic heterocycles. The second kappa shape index (κ2) is 11.5. The average Bonchev–Trinajstić information content (AvgIpc) is 3.28. The van der Waals surface area contributed by atoms with Gasteiger partial charge in [0.2, 0.25) is 11.8 Å². The van der Waals surface area contributed by atoms with Crippen molar-refractivity contribution in [2.24, 2.45) is 0 Å². The van der Waals surface area contributed by atoms with Crippen molar-refractivity contribution in [2.75, 3.05) is 12.3 Å². The Morgan fingerprint density at radius 2 is 1.74 bits per heavy atom. The van der Waals surface area contributed by atoms with E-state index in [0.717, 1.165) is 0 Å². The number of nitrogen functional groups attached to an aromatic ring is 1. The lowest BCUT2D eigenvalue weighted by atomic mass is 9.99. The molecular formula is C25H26F3N7O3. The Morgan fingerprint density at radius 1 is 1.03 bits per heavy atom. The molecule has 3 aromatic heterocycles. The van der Waals surface area contributed by atoms with Crippen molar-refractivity contribution in [3.63, 3.8) is 0 Å². The number of rotatable bonds is 10. The highest BCUT2D eigenvalue weighted by Gasteiger charge is 2.22. The molecule has 1 aromatic carbocycles. The predicted octanol–water partition coefficient (Wildman–Crippen LogP) is 3.26. The molecule has 3 heterocycles. The minimum Gasteiger partial charge on any atom is -0.470 e. The summed E-state index contributed by atoms with van der Waals surface area (Å²) in [6.07, 6.45) is -3.35. The Bertz CT molecular complexity index is 1410. The van der Waals surface area contributed by atoms with Crippen molar-refractivity contribution in [1.82, 2.24) is 29.9 Å². The van der Waals surface area contributed by atoms with E-state index in [9.17, 15) is 18.3 Å². The van der Waals surface area contributed by atoms with Crippen LogP contribution in [0.4, 0.5) is 19.1 Å². The first-order valence-corrected chi connectivity index (χ1v) is 11.7. The molecule has 0 aliphatic rings. The first-order chi connectivity index (χ1) is 18.2. The third-order valence-corrected chi connectivity index (χ3v) is 5.57. The van der Waals surface area contributed by atoms with Gasteiger partial charge in [-0.15, -0.1) is 0 Å². The maximum Gasteiger partial charge on any atom is 0.280 e. The maximum absolute atomic E-state index is 13.6. The molecule has 38 heavy (non-hydrogen) atoms. The first kappa shape index (κ1) is 26.9. The molecule has 0 aliphatic carbocycles. The summed E-state index contributed by atoms with van der Waals surface area (Å²) >= 11 is 0. The number of anilines is 1. The molecule has 1 atom stereocenters. The molecule has 4 aromatic rings. The smallest absolute Gasteiger partial charge is 0.280 e. The fraction of sp³-hybridized carbons (Fsp3) is 0.320. The quantitative estimate of drug-likeness (QED) is 0.282. The number of halogens is 3. The highest BCUT2D eigenvalue weighted by atomic mass is 19.3. The maximum atomic E-state index is 13.6. The minimum absolute atomic E-state index is 0.00497. The molecule has 0 unspecified atom stereocenters. The first-order valence-electron chi connectivity index (χ1n) is 11.7. The highest BCUT2D eigenvalue weighted by Crippen LogP contribution is 2.39. The van der Waals surface area contributed by atoms with Crippen LogP contribution in [0.25, 0.3) is 22.4 Å². The van der Waals surface area contributed by atoms with Crippen molar-refractivity contribution >= 4 is 5.95 Å². The number of pyridine rings is 1. The summed E-state index contributed by atoms with van der Waals surface area (Å²) in [5.41, 5.74) is 8.22. The van der Waals surface area contributed by atoms with Crippen LogP contribution in [0.2, 0.25) is 0 Å². The molecule has 0 fully saturated rings. The Morgan fingerprint density at radius 3 is 2.39 bits per heavy atom. The molecule has 0 radical (unpaired) electrons. The van der Waals surface area contributed by atoms with Gasteiger partial charge in [0, 0.05) is 11.3 Å². The second-order valence-corrected chi connectivity index (χ2v) is 8.47. The molecule has 0 bridgehead atoms. The summed E-state index contributed by atoms with van der Waals surface area (Å²) in [4.78, 5) is 13.7. The van der Waals surface area contributed by atoms with E-state index in [1.165, 1.54) is 35.1 Å². The lowest BCUT2D eigenvalue weighted by Gasteiger charge is -2.16. The monoisotopic (exact) mass is 529 g/mol. The van der Waals surface area contributed by atoms with Crippen LogP contribution in [0.15, 0.2) is 36.4 Å². The molecule has 200 valence electrons. The molecule has 0 saturated carbocycles. The standard InChI is InChI=1S/C25H26F3N7O3/c1-3-18-20(34-35(33-18)10-17(37)11-36)12-38-24-21(15-8-13(2)30-19(9-15)23(27)28)22(31-25(29)32-24)14-4-6-16(26)7-5-14/h4-9,17,23,36-37H,3,10-12H2,1-2H3,(H2,29,31,32)/t17-/m1/s1. The van der Waals surface area contributed by atoms with Crippen LogP contribution in [-0.4, -0.2) is 52.9 Å². The predicted molar refractivity (Wildman–Crippen MR) is 132 cm³/mol. The summed E-state index contributed by atoms with van der Waals surface area (Å²) in [5, 5.41) is 27.5. The van der Waals surface area contributed by atoms with E-state index in [2.05, 4.69) is 25.1 Å². The van der Waals surface area contributed by atoms with Gasteiger partial charge in [-0.25, -0.2) is 18.2 Å². The van der Waals surface area contributed by atoms with Crippen molar-refractivity contribution in [3.05, 3.63) is 65.0 Å². The number of hydrogen-bond acceptors (Lipinski definition) is 9. The van der Waals surface area contributed by atoms with Gasteiger partial charge < -0.3 is 20.7 Å². The largest absolute Gasteiger partial charge is 0.470 e. The Balaban J connectivity index is 1.81. The molecule has 0 saturated heterocycles. The number of aromatic nitrogens is 6. The summed E-state index contributed by atoms with van der Waals surface area (Å²) in [6, 6.07) is 8.26. The van der Waals surface area contributed by atoms with E-state index in [1.54, 1.807) is 13.0 Å². The number of aliphatic hydroxyl groups is 2. The van der Waals surface area contributed by atoms with E-state index in [1.807, 2.05) is 6.92 Å². The normalized spacial score (nSPS) is 12.2. The van der Waals surface area contributed by atoms with Crippen LogP contribution in [0, 0.1) is 12.7 Å². The summed E-state index contributed by atoms with van der Waals surface area (Å²) in [6.45, 7) is 2.87. The zero-order valence-electron chi connectivity index (χ0n) is 20.6. The van der Waals surface area contributed by atoms with Gasteiger partial charge in [0.1, 0.15) is 23.8 Å². The van der Waals surface area contributed by atoms with E-state index < -0.39 is 30.6 Å². The van der Waals surface area contributed by atoms with Gasteiger partial charge >= 0.3 is 0 Å². The zero-order chi connectivity index (χ0) is 27.4. The van der Waals surface area contributed by atoms with Gasteiger partial charge in [-0.1, -0.05) is 6.92 Å². The number of nitrogens with zero attached hydrogens (tertiary/aromatic N) is 6. The van der Waals surface area contributed by atoms with Crippen LogP contribution < -0.4 is 10.5 Å². The van der Waals surface area contributed by atoms with Gasteiger partial charge in [0.25, 0.3) is 6.43 Å². The molecule has 0 spiro atoms. The molecule has 10 nitrogen and oxygen atoms in total. The fourth-order valence-corrected chi connectivity index (χ4v) is 3.86. The Labute approximate surface area is 216 Å². The van der Waals surface area contributed by atoms with Crippen LogP contribution in [-0.2, 0) is 19.6 Å². The zero-order valence-corrected chi connectivity index (χ0v) is 20.6. The summed E-state index contributed by atoms with van der Waals surface area (Å²) in [5.74, 6) is -0.613. The lowest BCUT2D eigenvalue weighted by molar-refractivity contribution is 0.0743. The van der Waals surface area contributed by atoms with Gasteiger partial charge in [0.15, 0.2) is 0 Å². The van der Waals surface area contributed by atoms with Gasteiger partial charge in [-0.3, -0.25) is 4.98 Å². The number of hydrogen-bond donors (Lipinski definition) is 3. The van der Waals surface area contributed by atoms with Gasteiger partial charge in [-0.05, 0) is 55.3 Å². The van der Waals surface area contributed by atoms with Crippen molar-refractivity contribution < 1.29 is 28.1 Å². The van der Waals surface area contributed by atoms with Crippen LogP contribution >= 0.6 is 0 Å². The van der Waals surface area contributed by atoms with Crippen LogP contribution in [0.3, 0.4) is 0 Å². The van der Waals surface area contributed by atoms with Crippen LogP contribution in [0.1, 0.15) is 36.1 Å². The Hall–Kier alpha value is -4.10. The third-order valence-electron chi connectivity index (χ3n) is 5.57. The average molecular weight is 530 g/mol. The fourth-order valence-electron chi connectivity index (χ4n) is 3.86. The summed E-state index contributed by atoms with van der Waals surface area (Å²) in [7, 11) is 0. The third kappa shape index (κ3) is 6.06. The van der Waals surface area contributed by atoms with E-state index >= 15 is 0 Å². The van der Waals surface area contributed by atoms with Crippen LogP contribution in [0.5, 0.6) is 5.88 Å². The van der Waals surface area contributed by atoms with E-state index in [0.29, 0.717) is 34.6 Å². The number of alkyl halides is 2. The SMILES string of the molecule is CCc1nn(C[C@@H](O)CO)nc1COc1nc(N)nc(-c2ccc(F)cc2)c1-c1cc(C)nc(C(F)F)c1. The van der Waals surface area contributed by atoms with E-state index in [4.69, 9.17) is 15.6 Å². The minimum atomic E-state index is -2.82. The number of aliphatic hydroxyl groups excluding tert-OH is 2. The number of nitrogens with two attached hydrogens (primary N) is 1.